The molecule has 1 aliphatic rings. The van der Waals surface area contributed by atoms with Gasteiger partial charge in [0.05, 0.1) is 5.54 Å². The average Bonchev–Trinajstić information content (AvgIpc) is 2.38. The van der Waals surface area contributed by atoms with Gasteiger partial charge in [0.25, 0.3) is 0 Å². The first-order chi connectivity index (χ1) is 8.62. The second-order valence-corrected chi connectivity index (χ2v) is 5.40. The van der Waals surface area contributed by atoms with Gasteiger partial charge in [0.2, 0.25) is 5.91 Å². The standard InChI is InChI=1S/C14H19ClN2O.ClH/c15-12-7-3-2-6-11(12)10-17-13(18)14(16)8-4-1-5-9-14;/h2-3,6-7H,1,4-5,8-10,16H2,(H,17,18);1H. The van der Waals surface area contributed by atoms with E-state index in [0.29, 0.717) is 11.6 Å². The number of carbonyl (C=O) groups excluding carboxylic acids is 1. The van der Waals surface area contributed by atoms with Gasteiger partial charge in [-0.3, -0.25) is 4.79 Å². The molecule has 1 fully saturated rings. The molecule has 1 aliphatic carbocycles. The quantitative estimate of drug-likeness (QED) is 0.901. The van der Waals surface area contributed by atoms with Crippen molar-refractivity contribution in [3.63, 3.8) is 0 Å². The van der Waals surface area contributed by atoms with E-state index >= 15 is 0 Å². The van der Waals surface area contributed by atoms with Crippen LogP contribution in [0.25, 0.3) is 0 Å². The van der Waals surface area contributed by atoms with Crippen LogP contribution in [0.4, 0.5) is 0 Å². The molecule has 1 saturated carbocycles. The maximum Gasteiger partial charge on any atom is 0.240 e. The van der Waals surface area contributed by atoms with Crippen LogP contribution in [0.5, 0.6) is 0 Å². The molecule has 1 aromatic rings. The third-order valence-electron chi connectivity index (χ3n) is 3.60. The highest BCUT2D eigenvalue weighted by molar-refractivity contribution is 6.31. The molecule has 0 aliphatic heterocycles. The molecule has 0 bridgehead atoms. The van der Waals surface area contributed by atoms with Crippen molar-refractivity contribution in [2.75, 3.05) is 0 Å². The Morgan fingerprint density at radius 2 is 1.89 bits per heavy atom. The van der Waals surface area contributed by atoms with Gasteiger partial charge in [0.1, 0.15) is 0 Å². The zero-order chi connectivity index (χ0) is 13.0. The summed E-state index contributed by atoms with van der Waals surface area (Å²) in [5.74, 6) is -0.0536. The molecule has 19 heavy (non-hydrogen) atoms. The molecule has 1 amide bonds. The molecule has 0 aromatic heterocycles. The van der Waals surface area contributed by atoms with Crippen molar-refractivity contribution in [1.29, 1.82) is 0 Å². The SMILES string of the molecule is Cl.NC1(C(=O)NCc2ccccc2Cl)CCCCC1. The lowest BCUT2D eigenvalue weighted by Gasteiger charge is -2.31. The molecule has 106 valence electrons. The van der Waals surface area contributed by atoms with Crippen LogP contribution in [0.1, 0.15) is 37.7 Å². The maximum absolute atomic E-state index is 12.1. The Hall–Kier alpha value is -0.770. The molecule has 0 unspecified atom stereocenters. The number of hydrogen-bond donors (Lipinski definition) is 2. The summed E-state index contributed by atoms with van der Waals surface area (Å²) in [6.07, 6.45) is 4.81. The van der Waals surface area contributed by atoms with E-state index in [4.69, 9.17) is 17.3 Å². The minimum absolute atomic E-state index is 0. The van der Waals surface area contributed by atoms with E-state index in [1.807, 2.05) is 24.3 Å². The van der Waals surface area contributed by atoms with Crippen LogP contribution >= 0.6 is 24.0 Å². The number of hydrogen-bond acceptors (Lipinski definition) is 2. The molecule has 3 nitrogen and oxygen atoms in total. The molecule has 0 heterocycles. The summed E-state index contributed by atoms with van der Waals surface area (Å²) in [4.78, 5) is 12.1. The first-order valence-corrected chi connectivity index (χ1v) is 6.80. The van der Waals surface area contributed by atoms with E-state index in [2.05, 4.69) is 5.32 Å². The van der Waals surface area contributed by atoms with E-state index in [9.17, 15) is 4.79 Å². The normalized spacial score (nSPS) is 17.4. The molecular weight excluding hydrogens is 283 g/mol. The largest absolute Gasteiger partial charge is 0.350 e. The van der Waals surface area contributed by atoms with Gasteiger partial charge in [-0.2, -0.15) is 0 Å². The van der Waals surface area contributed by atoms with Crippen LogP contribution in [0, 0.1) is 0 Å². The number of rotatable bonds is 3. The van der Waals surface area contributed by atoms with E-state index in [0.717, 1.165) is 31.2 Å². The molecule has 0 saturated heterocycles. The zero-order valence-electron chi connectivity index (χ0n) is 10.8. The summed E-state index contributed by atoms with van der Waals surface area (Å²) in [6.45, 7) is 0.442. The van der Waals surface area contributed by atoms with Gasteiger partial charge in [0.15, 0.2) is 0 Å². The van der Waals surface area contributed by atoms with Gasteiger partial charge in [-0.1, -0.05) is 49.1 Å². The number of halogens is 2. The first-order valence-electron chi connectivity index (χ1n) is 6.42. The molecule has 0 spiro atoms. The fourth-order valence-electron chi connectivity index (χ4n) is 2.40. The summed E-state index contributed by atoms with van der Waals surface area (Å²) in [5.41, 5.74) is 6.40. The monoisotopic (exact) mass is 302 g/mol. The van der Waals surface area contributed by atoms with Crippen LogP contribution in [0.15, 0.2) is 24.3 Å². The minimum Gasteiger partial charge on any atom is -0.350 e. The smallest absolute Gasteiger partial charge is 0.240 e. The van der Waals surface area contributed by atoms with Crippen LogP contribution in [-0.2, 0) is 11.3 Å². The van der Waals surface area contributed by atoms with Crippen molar-refractivity contribution in [2.24, 2.45) is 5.73 Å². The van der Waals surface area contributed by atoms with E-state index in [1.165, 1.54) is 6.42 Å². The van der Waals surface area contributed by atoms with Gasteiger partial charge in [0, 0.05) is 11.6 Å². The van der Waals surface area contributed by atoms with Crippen molar-refractivity contribution >= 4 is 29.9 Å². The summed E-state index contributed by atoms with van der Waals surface area (Å²) < 4.78 is 0. The lowest BCUT2D eigenvalue weighted by atomic mass is 9.82. The van der Waals surface area contributed by atoms with Gasteiger partial charge < -0.3 is 11.1 Å². The van der Waals surface area contributed by atoms with Crippen molar-refractivity contribution in [3.8, 4) is 0 Å². The van der Waals surface area contributed by atoms with Crippen LogP contribution in [0.3, 0.4) is 0 Å². The predicted octanol–water partition coefficient (Wildman–Crippen LogP) is 3.04. The number of nitrogens with one attached hydrogen (secondary N) is 1. The lowest BCUT2D eigenvalue weighted by Crippen LogP contribution is -2.54. The van der Waals surface area contributed by atoms with E-state index < -0.39 is 5.54 Å². The fraction of sp³-hybridized carbons (Fsp3) is 0.500. The Morgan fingerprint density at radius 1 is 1.26 bits per heavy atom. The summed E-state index contributed by atoms with van der Waals surface area (Å²) in [7, 11) is 0. The van der Waals surface area contributed by atoms with Gasteiger partial charge in [-0.15, -0.1) is 12.4 Å². The van der Waals surface area contributed by atoms with Crippen LogP contribution < -0.4 is 11.1 Å². The van der Waals surface area contributed by atoms with Crippen LogP contribution in [0.2, 0.25) is 5.02 Å². The highest BCUT2D eigenvalue weighted by atomic mass is 35.5. The summed E-state index contributed by atoms with van der Waals surface area (Å²) in [5, 5.41) is 3.58. The summed E-state index contributed by atoms with van der Waals surface area (Å²) in [6, 6.07) is 7.51. The third kappa shape index (κ3) is 4.10. The Bertz CT molecular complexity index is 431. The van der Waals surface area contributed by atoms with Crippen molar-refractivity contribution in [1.82, 2.24) is 5.32 Å². The molecule has 5 heteroatoms. The number of nitrogens with two attached hydrogens (primary N) is 1. The maximum atomic E-state index is 12.1. The zero-order valence-corrected chi connectivity index (χ0v) is 12.4. The Morgan fingerprint density at radius 3 is 2.53 bits per heavy atom. The topological polar surface area (TPSA) is 55.1 Å². The molecule has 2 rings (SSSR count). The Balaban J connectivity index is 0.00000180. The number of carbonyl (C=O) groups is 1. The van der Waals surface area contributed by atoms with Crippen LogP contribution in [-0.4, -0.2) is 11.4 Å². The highest BCUT2D eigenvalue weighted by Crippen LogP contribution is 2.26. The molecule has 3 N–H and O–H groups in total. The van der Waals surface area contributed by atoms with Crippen molar-refractivity contribution in [2.45, 2.75) is 44.2 Å². The van der Waals surface area contributed by atoms with Crippen molar-refractivity contribution in [3.05, 3.63) is 34.9 Å². The average molecular weight is 303 g/mol. The van der Waals surface area contributed by atoms with E-state index in [-0.39, 0.29) is 18.3 Å². The van der Waals surface area contributed by atoms with Crippen molar-refractivity contribution < 1.29 is 4.79 Å². The summed E-state index contributed by atoms with van der Waals surface area (Å²) >= 11 is 6.05. The van der Waals surface area contributed by atoms with Gasteiger partial charge in [-0.25, -0.2) is 0 Å². The second kappa shape index (κ2) is 7.13. The highest BCUT2D eigenvalue weighted by Gasteiger charge is 2.34. The third-order valence-corrected chi connectivity index (χ3v) is 3.96. The second-order valence-electron chi connectivity index (χ2n) is 4.99. The molecule has 1 aromatic carbocycles. The molecule has 0 radical (unpaired) electrons. The first kappa shape index (κ1) is 16.3. The van der Waals surface area contributed by atoms with Gasteiger partial charge >= 0.3 is 0 Å². The Labute approximate surface area is 125 Å². The predicted molar refractivity (Wildman–Crippen MR) is 80.6 cm³/mol. The molecule has 0 atom stereocenters. The van der Waals surface area contributed by atoms with E-state index in [1.54, 1.807) is 0 Å². The fourth-order valence-corrected chi connectivity index (χ4v) is 2.61. The number of amides is 1. The van der Waals surface area contributed by atoms with Gasteiger partial charge in [-0.05, 0) is 24.5 Å². The molecular formula is C14H20Cl2N2O. The lowest BCUT2D eigenvalue weighted by molar-refractivity contribution is -0.127. The number of benzene rings is 1. The minimum atomic E-state index is -0.681. The Kier molecular flexibility index (Phi) is 6.11.